The minimum Gasteiger partial charge on any atom is -0.394 e. The summed E-state index contributed by atoms with van der Waals surface area (Å²) in [5.41, 5.74) is 0. The molecule has 0 aromatic carbocycles. The average molecular weight is 1090 g/mol. The molecule has 4 fully saturated rings. The first-order valence-electron chi connectivity index (χ1n) is 24.7. The van der Waals surface area contributed by atoms with Crippen LogP contribution in [-0.4, -0.2) is 91.5 Å². The van der Waals surface area contributed by atoms with Gasteiger partial charge < -0.3 is 57.9 Å². The van der Waals surface area contributed by atoms with Gasteiger partial charge in [-0.3, -0.25) is 0 Å². The second-order valence-electron chi connectivity index (χ2n) is 18.0. The SMILES string of the molecule is C1CCCC1.C1CCCC1.CC(C)N(C(C)C)P(Cl)OCCC#N.CC(C)N(C(C)C)P(OCCC#N)OCCOCCCC1CCCC1.OCCOCCCC1CCCC1.[CH3-].[CH3-].[CH3-].[CH3-].[Fe+2].[Fe+2]. The summed E-state index contributed by atoms with van der Waals surface area (Å²) in [6, 6.07) is 5.54. The quantitative estimate of drug-likeness (QED) is 0.0388. The van der Waals surface area contributed by atoms with Crippen LogP contribution < -0.4 is 0 Å². The Morgan fingerprint density at radius 2 is 0.821 bits per heavy atom. The molecule has 67 heavy (non-hydrogen) atoms. The molecule has 0 heterocycles. The Hall–Kier alpha value is 0.849. The fourth-order valence-corrected chi connectivity index (χ4v) is 12.2. The maximum Gasteiger partial charge on any atom is 2.00 e. The van der Waals surface area contributed by atoms with Crippen molar-refractivity contribution < 1.29 is 62.3 Å². The first-order chi connectivity index (χ1) is 29.5. The van der Waals surface area contributed by atoms with Gasteiger partial charge in [-0.05, 0) is 104 Å². The van der Waals surface area contributed by atoms with Crippen LogP contribution in [0.2, 0.25) is 0 Å². The summed E-state index contributed by atoms with van der Waals surface area (Å²) >= 11 is 6.13. The summed E-state index contributed by atoms with van der Waals surface area (Å²) in [6.45, 7) is 21.2. The summed E-state index contributed by atoms with van der Waals surface area (Å²) < 4.78 is 32.5. The molecule has 0 amide bonds. The summed E-state index contributed by atoms with van der Waals surface area (Å²) in [5.74, 6) is 1.91. The van der Waals surface area contributed by atoms with Gasteiger partial charge in [-0.15, -0.1) is 0 Å². The third-order valence-electron chi connectivity index (χ3n) is 11.2. The molecule has 4 aliphatic rings. The topological polar surface area (TPSA) is 120 Å². The molecule has 4 saturated carbocycles. The van der Waals surface area contributed by atoms with Crippen LogP contribution in [0.3, 0.4) is 0 Å². The van der Waals surface area contributed by atoms with Gasteiger partial charge in [0.15, 0.2) is 0 Å². The molecule has 2 unspecified atom stereocenters. The largest absolute Gasteiger partial charge is 2.00 e. The zero-order valence-electron chi connectivity index (χ0n) is 45.3. The van der Waals surface area contributed by atoms with Gasteiger partial charge in [0.25, 0.3) is 8.53 Å². The van der Waals surface area contributed by atoms with E-state index in [1.54, 1.807) is 0 Å². The minimum absolute atomic E-state index is 0. The molecule has 0 saturated heterocycles. The standard InChI is InChI=1S/C19H37N2O3P.C10H20O2.C9H18ClN2OP.2C5H10.4CH3.2Fe/c1-17(2)21(18(3)4)25(23-14-8-12-20)24-16-15-22-13-7-11-19-9-5-6-10-19;11-7-9-12-8-3-6-10-4-1-2-5-10;1-8(2)12(9(3)4)14(10)13-7-5-6-11;2*1-2-4-5-3-1;;;;;;/h17-19H,5-11,13-16H2,1-4H3;10-11H,1-9H2;8-9H,5,7H2,1-4H3;2*1-5H2;4*1H3;;/q;;;;;4*-1;2*+2. The fourth-order valence-electron chi connectivity index (χ4n) is 8.26. The van der Waals surface area contributed by atoms with Crippen molar-refractivity contribution in [1.29, 1.82) is 10.5 Å². The van der Waals surface area contributed by atoms with Crippen molar-refractivity contribution in [3.8, 4) is 12.1 Å². The van der Waals surface area contributed by atoms with E-state index in [0.29, 0.717) is 70.0 Å². The monoisotopic (exact) mass is 1090 g/mol. The van der Waals surface area contributed by atoms with E-state index in [4.69, 9.17) is 49.9 Å². The normalized spacial score (nSPS) is 16.1. The molecule has 0 aliphatic heterocycles. The zero-order valence-corrected chi connectivity index (χ0v) is 50.1. The van der Waals surface area contributed by atoms with Crippen molar-refractivity contribution in [2.45, 2.75) is 234 Å². The Bertz CT molecular complexity index is 990. The summed E-state index contributed by atoms with van der Waals surface area (Å²) in [5, 5.41) is 25.5. The van der Waals surface area contributed by atoms with Crippen LogP contribution in [0.15, 0.2) is 0 Å². The molecule has 15 heteroatoms. The Kier molecular flexibility index (Phi) is 72.6. The molecule has 4 rings (SSSR count). The number of hydrogen-bond donors (Lipinski definition) is 1. The number of ether oxygens (including phenoxy) is 2. The van der Waals surface area contributed by atoms with E-state index < -0.39 is 16.2 Å². The van der Waals surface area contributed by atoms with Crippen molar-refractivity contribution in [2.75, 3.05) is 52.9 Å². The van der Waals surface area contributed by atoms with Crippen LogP contribution in [0, 0.1) is 64.2 Å². The van der Waals surface area contributed by atoms with Gasteiger partial charge in [-0.25, -0.2) is 9.34 Å². The first kappa shape index (κ1) is 81.9. The van der Waals surface area contributed by atoms with Crippen molar-refractivity contribution in [3.63, 3.8) is 0 Å². The van der Waals surface area contributed by atoms with Crippen molar-refractivity contribution in [1.82, 2.24) is 9.34 Å². The third-order valence-corrected chi connectivity index (χ3v) is 15.8. The van der Waals surface area contributed by atoms with Gasteiger partial charge in [0, 0.05) is 37.4 Å². The van der Waals surface area contributed by atoms with E-state index in [2.05, 4.69) is 70.8 Å². The number of nitrogens with zero attached hydrogens (tertiary/aromatic N) is 4. The molecule has 4 aliphatic carbocycles. The Labute approximate surface area is 447 Å². The number of aliphatic hydroxyl groups is 1. The van der Waals surface area contributed by atoms with Crippen LogP contribution in [0.5, 0.6) is 0 Å². The number of nitriles is 2. The first-order valence-corrected chi connectivity index (χ1v) is 28.0. The Morgan fingerprint density at radius 1 is 0.493 bits per heavy atom. The summed E-state index contributed by atoms with van der Waals surface area (Å²) in [6.07, 6.45) is 32.1. The fraction of sp³-hybridized carbons (Fsp3) is 0.885. The van der Waals surface area contributed by atoms with Gasteiger partial charge >= 0.3 is 34.1 Å². The van der Waals surface area contributed by atoms with Gasteiger partial charge in [0.1, 0.15) is 0 Å². The van der Waals surface area contributed by atoms with Crippen LogP contribution in [-0.2, 0) is 57.2 Å². The number of hydrogen-bond acceptors (Lipinski definition) is 10. The molecule has 0 bridgehead atoms. The molecular weight excluding hydrogens is 986 g/mol. The number of halogens is 1. The third kappa shape index (κ3) is 48.9. The maximum absolute atomic E-state index is 8.71. The van der Waals surface area contributed by atoms with Gasteiger partial charge in [0.05, 0.1) is 64.6 Å². The molecule has 2 atom stereocenters. The molecule has 0 spiro atoms. The van der Waals surface area contributed by atoms with Crippen LogP contribution in [0.1, 0.15) is 209 Å². The smallest absolute Gasteiger partial charge is 0.394 e. The Morgan fingerprint density at radius 3 is 1.15 bits per heavy atom. The zero-order chi connectivity index (χ0) is 45.4. The predicted molar refractivity (Wildman–Crippen MR) is 285 cm³/mol. The van der Waals surface area contributed by atoms with E-state index in [0.717, 1.165) is 31.5 Å². The van der Waals surface area contributed by atoms with Gasteiger partial charge in [-0.1, -0.05) is 116 Å². The average Bonchev–Trinajstić information content (AvgIpc) is 4.08. The molecule has 0 aromatic heterocycles. The van der Waals surface area contributed by atoms with E-state index in [1.807, 2.05) is 6.07 Å². The summed E-state index contributed by atoms with van der Waals surface area (Å²) in [7, 11) is -2.22. The van der Waals surface area contributed by atoms with Crippen molar-refractivity contribution in [3.05, 3.63) is 29.7 Å². The second-order valence-corrected chi connectivity index (χ2v) is 21.5. The van der Waals surface area contributed by atoms with Crippen LogP contribution in [0.25, 0.3) is 0 Å². The maximum atomic E-state index is 8.71. The van der Waals surface area contributed by atoms with E-state index in [1.165, 1.54) is 135 Å². The van der Waals surface area contributed by atoms with Crippen LogP contribution in [0.4, 0.5) is 0 Å². The molecule has 0 aromatic rings. The number of aliphatic hydroxyl groups excluding tert-OH is 1. The van der Waals surface area contributed by atoms with Gasteiger partial charge in [0.2, 0.25) is 7.65 Å². The Balaban J connectivity index is -0.000000146. The molecule has 0 radical (unpaired) electrons. The molecule has 1 N–H and O–H groups in total. The molecule has 404 valence electrons. The van der Waals surface area contributed by atoms with Crippen LogP contribution >= 0.6 is 27.4 Å². The second kappa shape index (κ2) is 59.4. The van der Waals surface area contributed by atoms with Gasteiger partial charge in [-0.2, -0.15) is 10.5 Å². The van der Waals surface area contributed by atoms with E-state index >= 15 is 0 Å². The molecular formula is C52H107ClFe2N4O6P2. The molecule has 10 nitrogen and oxygen atoms in total. The van der Waals surface area contributed by atoms with E-state index in [9.17, 15) is 0 Å². The predicted octanol–water partition coefficient (Wildman–Crippen LogP) is 16.4. The summed E-state index contributed by atoms with van der Waals surface area (Å²) in [4.78, 5) is 0. The minimum atomic E-state index is -1.14. The van der Waals surface area contributed by atoms with E-state index in [-0.39, 0.29) is 70.5 Å². The van der Waals surface area contributed by atoms with Crippen molar-refractivity contribution >= 4 is 27.4 Å². The van der Waals surface area contributed by atoms with Crippen molar-refractivity contribution in [2.24, 2.45) is 11.8 Å². The number of rotatable bonds is 26.